The van der Waals surface area contributed by atoms with Crippen molar-refractivity contribution in [3.63, 3.8) is 0 Å². The smallest absolute Gasteiger partial charge is 0.262 e. The van der Waals surface area contributed by atoms with Crippen LogP contribution in [0.25, 0.3) is 0 Å². The van der Waals surface area contributed by atoms with E-state index in [1.54, 1.807) is 24.3 Å². The molecule has 0 aliphatic carbocycles. The molecule has 0 fully saturated rings. The Morgan fingerprint density at radius 1 is 0.923 bits per heavy atom. The van der Waals surface area contributed by atoms with Crippen LogP contribution in [0.1, 0.15) is 13.8 Å². The van der Waals surface area contributed by atoms with Crippen LogP contribution in [0.5, 0.6) is 23.0 Å². The number of benzene rings is 2. The molecule has 2 aromatic carbocycles. The predicted molar refractivity (Wildman–Crippen MR) is 97.0 cm³/mol. The molecule has 0 saturated carbocycles. The Balaban J connectivity index is 1.87. The number of hydrogen-bond donors (Lipinski definition) is 1. The predicted octanol–water partition coefficient (Wildman–Crippen LogP) is 3.06. The first-order chi connectivity index (χ1) is 12.5. The monoisotopic (exact) mass is 379 g/mol. The van der Waals surface area contributed by atoms with Crippen LogP contribution >= 0.6 is 0 Å². The molecule has 2 aromatic rings. The lowest BCUT2D eigenvalue weighted by Crippen LogP contribution is -2.16. The summed E-state index contributed by atoms with van der Waals surface area (Å²) < 4.78 is 49.9. The summed E-state index contributed by atoms with van der Waals surface area (Å²) in [5.74, 6) is 2.00. The van der Waals surface area contributed by atoms with Gasteiger partial charge in [-0.25, -0.2) is 8.42 Å². The summed E-state index contributed by atoms with van der Waals surface area (Å²) in [5.41, 5.74) is 0.390. The van der Waals surface area contributed by atoms with Gasteiger partial charge in [0.1, 0.15) is 13.2 Å². The van der Waals surface area contributed by atoms with Crippen LogP contribution in [0.2, 0.25) is 0 Å². The van der Waals surface area contributed by atoms with E-state index >= 15 is 0 Å². The van der Waals surface area contributed by atoms with Gasteiger partial charge in [-0.05, 0) is 38.1 Å². The quantitative estimate of drug-likeness (QED) is 0.796. The molecule has 7 nitrogen and oxygen atoms in total. The molecule has 0 unspecified atom stereocenters. The summed E-state index contributed by atoms with van der Waals surface area (Å²) in [6.07, 6.45) is 0. The van der Waals surface area contributed by atoms with E-state index < -0.39 is 10.0 Å². The van der Waals surface area contributed by atoms with E-state index in [1.807, 2.05) is 13.8 Å². The maximum atomic E-state index is 12.7. The molecule has 140 valence electrons. The van der Waals surface area contributed by atoms with Gasteiger partial charge in [0.05, 0.1) is 23.8 Å². The second-order valence-corrected chi connectivity index (χ2v) is 7.12. The lowest BCUT2D eigenvalue weighted by Gasteiger charge is -2.19. The fraction of sp³-hybridized carbons (Fsp3) is 0.333. The second kappa shape index (κ2) is 7.74. The molecule has 0 saturated heterocycles. The molecule has 1 aliphatic rings. The molecule has 1 heterocycles. The topological polar surface area (TPSA) is 83.1 Å². The Bertz CT molecular complexity index is 881. The van der Waals surface area contributed by atoms with Gasteiger partial charge in [-0.2, -0.15) is 0 Å². The van der Waals surface area contributed by atoms with Crippen molar-refractivity contribution >= 4 is 15.7 Å². The van der Waals surface area contributed by atoms with Crippen molar-refractivity contribution in [1.29, 1.82) is 0 Å². The number of ether oxygens (including phenoxy) is 4. The standard InChI is InChI=1S/C18H21NO6S/c1-3-22-15-8-6-14(12-18(15)23-4-2)26(20,21)19-13-5-7-16-17(11-13)25-10-9-24-16/h5-8,11-12,19H,3-4,9-10H2,1-2H3. The van der Waals surface area contributed by atoms with Crippen LogP contribution < -0.4 is 23.7 Å². The van der Waals surface area contributed by atoms with Gasteiger partial charge in [-0.15, -0.1) is 0 Å². The highest BCUT2D eigenvalue weighted by Gasteiger charge is 2.19. The minimum Gasteiger partial charge on any atom is -0.490 e. The lowest BCUT2D eigenvalue weighted by molar-refractivity contribution is 0.171. The highest BCUT2D eigenvalue weighted by Crippen LogP contribution is 2.34. The van der Waals surface area contributed by atoms with Gasteiger partial charge < -0.3 is 18.9 Å². The van der Waals surface area contributed by atoms with Crippen molar-refractivity contribution in [3.05, 3.63) is 36.4 Å². The van der Waals surface area contributed by atoms with Crippen LogP contribution in [0.15, 0.2) is 41.3 Å². The summed E-state index contributed by atoms with van der Waals surface area (Å²) in [4.78, 5) is 0.0827. The molecule has 0 amide bonds. The number of sulfonamides is 1. The third kappa shape index (κ3) is 3.96. The zero-order valence-corrected chi connectivity index (χ0v) is 15.5. The summed E-state index contributed by atoms with van der Waals surface area (Å²) in [6, 6.07) is 9.43. The number of fused-ring (bicyclic) bond motifs is 1. The van der Waals surface area contributed by atoms with E-state index in [0.29, 0.717) is 55.1 Å². The molecular formula is C18H21NO6S. The first-order valence-electron chi connectivity index (χ1n) is 8.35. The van der Waals surface area contributed by atoms with Crippen LogP contribution in [0.3, 0.4) is 0 Å². The third-order valence-electron chi connectivity index (χ3n) is 3.62. The van der Waals surface area contributed by atoms with Gasteiger partial charge in [0, 0.05) is 12.1 Å². The first-order valence-corrected chi connectivity index (χ1v) is 9.84. The van der Waals surface area contributed by atoms with Gasteiger partial charge in [0.2, 0.25) is 0 Å². The van der Waals surface area contributed by atoms with Gasteiger partial charge in [0.15, 0.2) is 23.0 Å². The summed E-state index contributed by atoms with van der Waals surface area (Å²) in [7, 11) is -3.79. The lowest BCUT2D eigenvalue weighted by atomic mass is 10.3. The number of anilines is 1. The second-order valence-electron chi connectivity index (χ2n) is 5.44. The van der Waals surface area contributed by atoms with Crippen LogP contribution in [-0.4, -0.2) is 34.8 Å². The molecule has 1 aliphatic heterocycles. The van der Waals surface area contributed by atoms with Crippen molar-refractivity contribution in [2.24, 2.45) is 0 Å². The van der Waals surface area contributed by atoms with E-state index in [1.165, 1.54) is 12.1 Å². The number of nitrogens with one attached hydrogen (secondary N) is 1. The molecule has 26 heavy (non-hydrogen) atoms. The van der Waals surface area contributed by atoms with Crippen molar-refractivity contribution in [1.82, 2.24) is 0 Å². The normalized spacial score (nSPS) is 13.2. The van der Waals surface area contributed by atoms with Gasteiger partial charge in [-0.3, -0.25) is 4.72 Å². The molecule has 0 atom stereocenters. The largest absolute Gasteiger partial charge is 0.490 e. The van der Waals surface area contributed by atoms with Crippen molar-refractivity contribution in [2.75, 3.05) is 31.1 Å². The van der Waals surface area contributed by atoms with E-state index in [-0.39, 0.29) is 4.90 Å². The zero-order chi connectivity index (χ0) is 18.6. The minimum atomic E-state index is -3.79. The van der Waals surface area contributed by atoms with E-state index in [9.17, 15) is 8.42 Å². The zero-order valence-electron chi connectivity index (χ0n) is 14.7. The molecular weight excluding hydrogens is 358 g/mol. The fourth-order valence-corrected chi connectivity index (χ4v) is 3.58. The van der Waals surface area contributed by atoms with Gasteiger partial charge in [-0.1, -0.05) is 0 Å². The van der Waals surface area contributed by atoms with Crippen LogP contribution in [0.4, 0.5) is 5.69 Å². The van der Waals surface area contributed by atoms with E-state index in [0.717, 1.165) is 0 Å². The van der Waals surface area contributed by atoms with Crippen molar-refractivity contribution < 1.29 is 27.4 Å². The molecule has 0 spiro atoms. The summed E-state index contributed by atoms with van der Waals surface area (Å²) >= 11 is 0. The Kier molecular flexibility index (Phi) is 5.41. The first kappa shape index (κ1) is 18.2. The highest BCUT2D eigenvalue weighted by atomic mass is 32.2. The van der Waals surface area contributed by atoms with Gasteiger partial charge >= 0.3 is 0 Å². The highest BCUT2D eigenvalue weighted by molar-refractivity contribution is 7.92. The third-order valence-corrected chi connectivity index (χ3v) is 5.00. The maximum absolute atomic E-state index is 12.7. The van der Waals surface area contributed by atoms with Crippen LogP contribution in [0, 0.1) is 0 Å². The fourth-order valence-electron chi connectivity index (χ4n) is 2.52. The number of hydrogen-bond acceptors (Lipinski definition) is 6. The Morgan fingerprint density at radius 2 is 1.62 bits per heavy atom. The van der Waals surface area contributed by atoms with Crippen LogP contribution in [-0.2, 0) is 10.0 Å². The Hall–Kier alpha value is -2.61. The average molecular weight is 379 g/mol. The minimum absolute atomic E-state index is 0.0827. The van der Waals surface area contributed by atoms with Crippen molar-refractivity contribution in [2.45, 2.75) is 18.7 Å². The van der Waals surface area contributed by atoms with E-state index in [2.05, 4.69) is 4.72 Å². The van der Waals surface area contributed by atoms with Crippen molar-refractivity contribution in [3.8, 4) is 23.0 Å². The molecule has 3 rings (SSSR count). The summed E-state index contributed by atoms with van der Waals surface area (Å²) in [6.45, 7) is 5.44. The van der Waals surface area contributed by atoms with Gasteiger partial charge in [0.25, 0.3) is 10.0 Å². The summed E-state index contributed by atoms with van der Waals surface area (Å²) in [5, 5.41) is 0. The molecule has 0 bridgehead atoms. The number of rotatable bonds is 7. The molecule has 1 N–H and O–H groups in total. The maximum Gasteiger partial charge on any atom is 0.262 e. The molecule has 8 heteroatoms. The van der Waals surface area contributed by atoms with E-state index in [4.69, 9.17) is 18.9 Å². The SMILES string of the molecule is CCOc1ccc(S(=O)(=O)Nc2ccc3c(c2)OCCO3)cc1OCC. The molecule has 0 aromatic heterocycles. The Labute approximate surface area is 152 Å². The average Bonchev–Trinajstić information content (AvgIpc) is 2.63. The Morgan fingerprint density at radius 3 is 2.35 bits per heavy atom. The molecule has 0 radical (unpaired) electrons.